The van der Waals surface area contributed by atoms with Gasteiger partial charge in [0.2, 0.25) is 0 Å². The van der Waals surface area contributed by atoms with Gasteiger partial charge in [-0.05, 0) is 46.1 Å². The zero-order valence-electron chi connectivity index (χ0n) is 10.0. The molecule has 102 valence electrons. The highest BCUT2D eigenvalue weighted by Gasteiger charge is 2.25. The Hall–Kier alpha value is -0.490. The zero-order chi connectivity index (χ0) is 14.0. The Morgan fingerprint density at radius 3 is 2.68 bits per heavy atom. The second kappa shape index (κ2) is 6.31. The summed E-state index contributed by atoms with van der Waals surface area (Å²) in [4.78, 5) is 0.708. The molecule has 0 saturated carbocycles. The summed E-state index contributed by atoms with van der Waals surface area (Å²) in [5.74, 6) is -1.19. The molecule has 1 N–H and O–H groups in total. The second-order valence-corrected chi connectivity index (χ2v) is 6.09. The second-order valence-electron chi connectivity index (χ2n) is 3.88. The molecule has 0 aliphatic rings. The molecule has 0 amide bonds. The minimum absolute atomic E-state index is 0.0134. The van der Waals surface area contributed by atoms with Crippen LogP contribution in [0.4, 0.5) is 8.78 Å². The van der Waals surface area contributed by atoms with Crippen LogP contribution in [0.3, 0.4) is 0 Å². The van der Waals surface area contributed by atoms with Crippen molar-refractivity contribution in [1.82, 2.24) is 5.32 Å². The largest absolute Gasteiger partial charge is 0.306 e. The van der Waals surface area contributed by atoms with E-state index in [-0.39, 0.29) is 10.0 Å². The molecule has 0 saturated heterocycles. The lowest BCUT2D eigenvalue weighted by molar-refractivity contribution is 0.510. The first kappa shape index (κ1) is 14.9. The van der Waals surface area contributed by atoms with Crippen LogP contribution in [0.15, 0.2) is 28.1 Å². The molecule has 1 nitrogen and oxygen atoms in total. The summed E-state index contributed by atoms with van der Waals surface area (Å²) in [5.41, 5.74) is -0.0134. The predicted molar refractivity (Wildman–Crippen MR) is 78.9 cm³/mol. The van der Waals surface area contributed by atoms with E-state index in [4.69, 9.17) is 11.6 Å². The van der Waals surface area contributed by atoms with E-state index in [2.05, 4.69) is 21.2 Å². The Kier molecular flexibility index (Phi) is 4.95. The molecule has 0 spiro atoms. The lowest BCUT2D eigenvalue weighted by atomic mass is 10.0. The Morgan fingerprint density at radius 2 is 2.11 bits per heavy atom. The van der Waals surface area contributed by atoms with Gasteiger partial charge in [0.05, 0.1) is 15.5 Å². The molecule has 1 unspecified atom stereocenters. The molecule has 1 atom stereocenters. The van der Waals surface area contributed by atoms with Gasteiger partial charge in [0.1, 0.15) is 11.6 Å². The van der Waals surface area contributed by atoms with E-state index in [1.165, 1.54) is 23.5 Å². The molecule has 19 heavy (non-hydrogen) atoms. The summed E-state index contributed by atoms with van der Waals surface area (Å²) < 4.78 is 28.4. The minimum Gasteiger partial charge on any atom is -0.306 e. The lowest BCUT2D eigenvalue weighted by Gasteiger charge is -2.19. The Balaban J connectivity index is 2.57. The normalized spacial score (nSPS) is 12.7. The van der Waals surface area contributed by atoms with E-state index < -0.39 is 17.7 Å². The van der Waals surface area contributed by atoms with Crippen molar-refractivity contribution < 1.29 is 8.78 Å². The van der Waals surface area contributed by atoms with E-state index in [1.807, 2.05) is 6.92 Å². The SMILES string of the molecule is CCNC(c1sccc1Cl)c1c(F)ccc(Br)c1F. The lowest BCUT2D eigenvalue weighted by Crippen LogP contribution is -2.23. The minimum atomic E-state index is -0.601. The van der Waals surface area contributed by atoms with E-state index in [1.54, 1.807) is 11.4 Å². The van der Waals surface area contributed by atoms with Crippen molar-refractivity contribution in [2.24, 2.45) is 0 Å². The van der Waals surface area contributed by atoms with Crippen LogP contribution < -0.4 is 5.32 Å². The smallest absolute Gasteiger partial charge is 0.145 e. The van der Waals surface area contributed by atoms with Gasteiger partial charge in [-0.1, -0.05) is 18.5 Å². The first-order valence-electron chi connectivity index (χ1n) is 5.66. The predicted octanol–water partition coefficient (Wildman–Crippen LogP) is 5.14. The average molecular weight is 367 g/mol. The number of nitrogens with one attached hydrogen (secondary N) is 1. The molecule has 2 aromatic rings. The molecule has 1 aromatic heterocycles. The Morgan fingerprint density at radius 1 is 1.37 bits per heavy atom. The molecule has 0 radical (unpaired) electrons. The van der Waals surface area contributed by atoms with Gasteiger partial charge in [-0.3, -0.25) is 0 Å². The van der Waals surface area contributed by atoms with Crippen LogP contribution in [-0.4, -0.2) is 6.54 Å². The van der Waals surface area contributed by atoms with E-state index in [9.17, 15) is 8.78 Å². The molecule has 6 heteroatoms. The molecule has 2 rings (SSSR count). The summed E-state index contributed by atoms with van der Waals surface area (Å²) in [6.07, 6.45) is 0. The standard InChI is InChI=1S/C13H11BrClF2NS/c1-2-18-12(13-8(15)5-6-19-13)10-9(16)4-3-7(14)11(10)17/h3-6,12,18H,2H2,1H3. The topological polar surface area (TPSA) is 12.0 Å². The first-order chi connectivity index (χ1) is 9.06. The van der Waals surface area contributed by atoms with Gasteiger partial charge in [-0.25, -0.2) is 8.78 Å². The first-order valence-corrected chi connectivity index (χ1v) is 7.71. The zero-order valence-corrected chi connectivity index (χ0v) is 13.2. The fourth-order valence-corrected chi connectivity index (χ4v) is 3.44. The van der Waals surface area contributed by atoms with Gasteiger partial charge in [-0.15, -0.1) is 11.3 Å². The van der Waals surface area contributed by atoms with Crippen LogP contribution in [0, 0.1) is 11.6 Å². The summed E-state index contributed by atoms with van der Waals surface area (Å²) in [5, 5.41) is 5.39. The third-order valence-corrected chi connectivity index (χ3v) is 4.72. The van der Waals surface area contributed by atoms with Crippen LogP contribution in [0.2, 0.25) is 5.02 Å². The fourth-order valence-electron chi connectivity index (χ4n) is 1.85. The van der Waals surface area contributed by atoms with E-state index >= 15 is 0 Å². The quantitative estimate of drug-likeness (QED) is 0.739. The third-order valence-electron chi connectivity index (χ3n) is 2.68. The number of rotatable bonds is 4. The highest BCUT2D eigenvalue weighted by molar-refractivity contribution is 9.10. The Labute approximate surface area is 127 Å². The van der Waals surface area contributed by atoms with Crippen LogP contribution >= 0.6 is 38.9 Å². The number of hydrogen-bond donors (Lipinski definition) is 1. The van der Waals surface area contributed by atoms with Crippen LogP contribution in [0.25, 0.3) is 0 Å². The summed E-state index contributed by atoms with van der Waals surface area (Å²) in [7, 11) is 0. The van der Waals surface area contributed by atoms with Crippen molar-refractivity contribution in [2.75, 3.05) is 6.54 Å². The molecule has 0 bridgehead atoms. The van der Waals surface area contributed by atoms with E-state index in [0.717, 1.165) is 0 Å². The van der Waals surface area contributed by atoms with Crippen LogP contribution in [-0.2, 0) is 0 Å². The molecule has 0 fully saturated rings. The highest BCUT2D eigenvalue weighted by Crippen LogP contribution is 2.36. The number of hydrogen-bond acceptors (Lipinski definition) is 2. The maximum absolute atomic E-state index is 14.2. The van der Waals surface area contributed by atoms with Crippen molar-refractivity contribution in [1.29, 1.82) is 0 Å². The van der Waals surface area contributed by atoms with Gasteiger partial charge in [0.25, 0.3) is 0 Å². The maximum Gasteiger partial charge on any atom is 0.145 e. The number of thiophene rings is 1. The van der Waals surface area contributed by atoms with Gasteiger partial charge in [0.15, 0.2) is 0 Å². The summed E-state index contributed by atoms with van der Waals surface area (Å²) >= 11 is 10.5. The molecule has 1 aromatic carbocycles. The van der Waals surface area contributed by atoms with Gasteiger partial charge in [-0.2, -0.15) is 0 Å². The molecule has 0 aliphatic carbocycles. The Bertz CT molecular complexity index is 588. The molecule has 0 aliphatic heterocycles. The van der Waals surface area contributed by atoms with Gasteiger partial charge < -0.3 is 5.32 Å². The third kappa shape index (κ3) is 2.99. The number of benzene rings is 1. The van der Waals surface area contributed by atoms with Crippen molar-refractivity contribution in [2.45, 2.75) is 13.0 Å². The van der Waals surface area contributed by atoms with Gasteiger partial charge >= 0.3 is 0 Å². The van der Waals surface area contributed by atoms with Crippen molar-refractivity contribution >= 4 is 38.9 Å². The average Bonchev–Trinajstić information content (AvgIpc) is 2.79. The van der Waals surface area contributed by atoms with Crippen LogP contribution in [0.5, 0.6) is 0 Å². The molecule has 1 heterocycles. The maximum atomic E-state index is 14.2. The summed E-state index contributed by atoms with van der Waals surface area (Å²) in [6.45, 7) is 2.45. The van der Waals surface area contributed by atoms with Crippen molar-refractivity contribution in [3.8, 4) is 0 Å². The van der Waals surface area contributed by atoms with E-state index in [0.29, 0.717) is 16.4 Å². The number of halogens is 4. The molecular formula is C13H11BrClF2NS. The monoisotopic (exact) mass is 365 g/mol. The van der Waals surface area contributed by atoms with Crippen molar-refractivity contribution in [3.63, 3.8) is 0 Å². The fraction of sp³-hybridized carbons (Fsp3) is 0.231. The van der Waals surface area contributed by atoms with Crippen LogP contribution in [0.1, 0.15) is 23.4 Å². The highest BCUT2D eigenvalue weighted by atomic mass is 79.9. The van der Waals surface area contributed by atoms with Crippen molar-refractivity contribution in [3.05, 3.63) is 55.1 Å². The van der Waals surface area contributed by atoms with Gasteiger partial charge in [0, 0.05) is 10.4 Å². The molecular weight excluding hydrogens is 356 g/mol. The summed E-state index contributed by atoms with van der Waals surface area (Å²) in [6, 6.07) is 3.73.